The summed E-state index contributed by atoms with van der Waals surface area (Å²) in [5.74, 6) is -1.77. The molecule has 2 aromatic heterocycles. The highest BCUT2D eigenvalue weighted by atomic mass is 19.2. The van der Waals surface area contributed by atoms with Crippen molar-refractivity contribution in [2.24, 2.45) is 0 Å². The third-order valence-electron chi connectivity index (χ3n) is 2.80. The van der Waals surface area contributed by atoms with Gasteiger partial charge in [0.25, 0.3) is 0 Å². The Kier molecular flexibility index (Phi) is 2.56. The van der Waals surface area contributed by atoms with Crippen LogP contribution in [0.2, 0.25) is 0 Å². The van der Waals surface area contributed by atoms with Crippen LogP contribution in [0.5, 0.6) is 0 Å². The normalized spacial score (nSPS) is 10.8. The first kappa shape index (κ1) is 11.5. The van der Waals surface area contributed by atoms with Crippen molar-refractivity contribution in [3.05, 3.63) is 48.6 Å². The number of rotatable bonds is 1. The molecule has 19 heavy (non-hydrogen) atoms. The number of hydrogen-bond acceptors (Lipinski definition) is 4. The van der Waals surface area contributed by atoms with Gasteiger partial charge in [0.2, 0.25) is 5.95 Å². The average Bonchev–Trinajstić information content (AvgIpc) is 2.42. The summed E-state index contributed by atoms with van der Waals surface area (Å²) in [5, 5.41) is 0.657. The van der Waals surface area contributed by atoms with Crippen LogP contribution in [0, 0.1) is 11.8 Å². The number of halogens is 2. The summed E-state index contributed by atoms with van der Waals surface area (Å²) in [4.78, 5) is 11.3. The van der Waals surface area contributed by atoms with Crippen LogP contribution in [0.1, 0.15) is 0 Å². The molecule has 0 saturated heterocycles. The number of nitrogen functional groups attached to an aromatic ring is 1. The van der Waals surface area contributed by atoms with Gasteiger partial charge < -0.3 is 5.73 Å². The van der Waals surface area contributed by atoms with E-state index in [1.165, 1.54) is 12.5 Å². The van der Waals surface area contributed by atoms with Crippen LogP contribution in [-0.2, 0) is 0 Å². The zero-order chi connectivity index (χ0) is 13.4. The number of pyridine rings is 1. The zero-order valence-corrected chi connectivity index (χ0v) is 9.64. The first-order chi connectivity index (χ1) is 9.15. The lowest BCUT2D eigenvalue weighted by Gasteiger charge is -2.05. The molecule has 0 aliphatic rings. The number of nitrogens with two attached hydrogens (primary N) is 1. The molecule has 0 atom stereocenters. The number of hydrogen-bond donors (Lipinski definition) is 1. The van der Waals surface area contributed by atoms with Crippen molar-refractivity contribution >= 4 is 16.7 Å². The van der Waals surface area contributed by atoms with Gasteiger partial charge in [-0.05, 0) is 23.8 Å². The van der Waals surface area contributed by atoms with Gasteiger partial charge in [-0.3, -0.25) is 0 Å². The molecule has 0 bridgehead atoms. The first-order valence-corrected chi connectivity index (χ1v) is 5.47. The van der Waals surface area contributed by atoms with Crippen LogP contribution in [0.25, 0.3) is 22.0 Å². The second-order valence-corrected chi connectivity index (χ2v) is 3.99. The quantitative estimate of drug-likeness (QED) is 0.681. The van der Waals surface area contributed by atoms with Crippen LogP contribution >= 0.6 is 0 Å². The van der Waals surface area contributed by atoms with Gasteiger partial charge in [-0.15, -0.1) is 0 Å². The summed E-state index contributed by atoms with van der Waals surface area (Å²) in [5.41, 5.74) is 7.57. The first-order valence-electron chi connectivity index (χ1n) is 5.47. The maximum atomic E-state index is 13.2. The van der Waals surface area contributed by atoms with Gasteiger partial charge >= 0.3 is 0 Å². The maximum Gasteiger partial charge on any atom is 0.248 e. The van der Waals surface area contributed by atoms with Gasteiger partial charge in [-0.1, -0.05) is 6.07 Å². The van der Waals surface area contributed by atoms with Crippen LogP contribution in [0.3, 0.4) is 0 Å². The fourth-order valence-electron chi connectivity index (χ4n) is 1.84. The molecule has 0 amide bonds. The summed E-state index contributed by atoms with van der Waals surface area (Å²) >= 11 is 0. The van der Waals surface area contributed by atoms with E-state index in [0.717, 1.165) is 6.07 Å². The lowest BCUT2D eigenvalue weighted by molar-refractivity contribution is 0.480. The molecule has 94 valence electrons. The Bertz CT molecular complexity index is 774. The third-order valence-corrected chi connectivity index (χ3v) is 2.80. The molecule has 0 spiro atoms. The zero-order valence-electron chi connectivity index (χ0n) is 9.64. The molecule has 3 rings (SSSR count). The van der Waals surface area contributed by atoms with Crippen molar-refractivity contribution in [2.45, 2.75) is 0 Å². The molecule has 1 aromatic carbocycles. The molecule has 2 heterocycles. The number of benzene rings is 1. The van der Waals surface area contributed by atoms with Gasteiger partial charge in [0.1, 0.15) is 12.1 Å². The Balaban J connectivity index is 2.20. The van der Waals surface area contributed by atoms with Crippen molar-refractivity contribution in [3.63, 3.8) is 0 Å². The van der Waals surface area contributed by atoms with Crippen LogP contribution < -0.4 is 5.73 Å². The van der Waals surface area contributed by atoms with Gasteiger partial charge in [-0.25, -0.2) is 19.3 Å². The molecule has 0 unspecified atom stereocenters. The lowest BCUT2D eigenvalue weighted by Crippen LogP contribution is -1.94. The van der Waals surface area contributed by atoms with Crippen molar-refractivity contribution in [3.8, 4) is 11.1 Å². The summed E-state index contributed by atoms with van der Waals surface area (Å²) in [6.45, 7) is 0. The molecule has 0 aliphatic heterocycles. The molecular weight excluding hydrogens is 250 g/mol. The molecule has 0 saturated carbocycles. The van der Waals surface area contributed by atoms with Gasteiger partial charge in [0, 0.05) is 17.1 Å². The molecule has 0 radical (unpaired) electrons. The van der Waals surface area contributed by atoms with Crippen LogP contribution in [-0.4, -0.2) is 15.0 Å². The van der Waals surface area contributed by atoms with Gasteiger partial charge in [0.05, 0.1) is 5.52 Å². The van der Waals surface area contributed by atoms with E-state index < -0.39 is 11.8 Å². The van der Waals surface area contributed by atoms with E-state index in [1.54, 1.807) is 18.2 Å². The lowest BCUT2D eigenvalue weighted by atomic mass is 10.1. The highest BCUT2D eigenvalue weighted by Gasteiger charge is 2.08. The molecule has 0 aliphatic carbocycles. The van der Waals surface area contributed by atoms with Crippen molar-refractivity contribution < 1.29 is 8.78 Å². The monoisotopic (exact) mass is 258 g/mol. The van der Waals surface area contributed by atoms with E-state index in [4.69, 9.17) is 5.73 Å². The Labute approximate surface area is 107 Å². The second-order valence-electron chi connectivity index (χ2n) is 3.99. The highest BCUT2D eigenvalue weighted by molar-refractivity contribution is 5.91. The van der Waals surface area contributed by atoms with E-state index in [0.29, 0.717) is 27.8 Å². The summed E-state index contributed by atoms with van der Waals surface area (Å²) in [6.07, 6.45) is 2.63. The molecule has 6 heteroatoms. The molecule has 4 nitrogen and oxygen atoms in total. The fourth-order valence-corrected chi connectivity index (χ4v) is 1.84. The smallest absolute Gasteiger partial charge is 0.248 e. The van der Waals surface area contributed by atoms with E-state index in [9.17, 15) is 8.78 Å². The van der Waals surface area contributed by atoms with Gasteiger partial charge in [-0.2, -0.15) is 4.39 Å². The molecule has 0 fully saturated rings. The second kappa shape index (κ2) is 4.24. The Hall–Kier alpha value is -2.63. The Morgan fingerprint density at radius 2 is 1.79 bits per heavy atom. The minimum absolute atomic E-state index is 0.336. The summed E-state index contributed by atoms with van der Waals surface area (Å²) in [6, 6.07) is 6.29. The van der Waals surface area contributed by atoms with Gasteiger partial charge in [0.15, 0.2) is 5.82 Å². The largest absolute Gasteiger partial charge is 0.383 e. The van der Waals surface area contributed by atoms with E-state index in [2.05, 4.69) is 15.0 Å². The number of anilines is 1. The summed E-state index contributed by atoms with van der Waals surface area (Å²) < 4.78 is 26.0. The SMILES string of the molecule is Nc1ncnc2ccc(-c3cnc(F)c(F)c3)cc12. The Morgan fingerprint density at radius 3 is 2.58 bits per heavy atom. The number of nitrogens with zero attached hydrogens (tertiary/aromatic N) is 3. The topological polar surface area (TPSA) is 64.7 Å². The van der Waals surface area contributed by atoms with E-state index in [1.807, 2.05) is 0 Å². The number of fused-ring (bicyclic) bond motifs is 1. The summed E-state index contributed by atoms with van der Waals surface area (Å²) in [7, 11) is 0. The standard InChI is InChI=1S/C13H8F2N4/c14-10-4-8(5-17-12(10)15)7-1-2-11-9(3-7)13(16)19-6-18-11/h1-6H,(H2,16,18,19). The third kappa shape index (κ3) is 1.97. The predicted molar refractivity (Wildman–Crippen MR) is 67.1 cm³/mol. The molecular formula is C13H8F2N4. The van der Waals surface area contributed by atoms with E-state index >= 15 is 0 Å². The predicted octanol–water partition coefficient (Wildman–Crippen LogP) is 2.55. The van der Waals surface area contributed by atoms with Crippen molar-refractivity contribution in [1.82, 2.24) is 15.0 Å². The molecule has 2 N–H and O–H groups in total. The van der Waals surface area contributed by atoms with Crippen LogP contribution in [0.15, 0.2) is 36.8 Å². The van der Waals surface area contributed by atoms with Crippen molar-refractivity contribution in [1.29, 1.82) is 0 Å². The number of aromatic nitrogens is 3. The molecule has 3 aromatic rings. The van der Waals surface area contributed by atoms with Crippen molar-refractivity contribution in [2.75, 3.05) is 5.73 Å². The maximum absolute atomic E-state index is 13.2. The Morgan fingerprint density at radius 1 is 0.947 bits per heavy atom. The fraction of sp³-hybridized carbons (Fsp3) is 0. The van der Waals surface area contributed by atoms with E-state index in [-0.39, 0.29) is 0 Å². The average molecular weight is 258 g/mol. The minimum Gasteiger partial charge on any atom is -0.383 e. The van der Waals surface area contributed by atoms with Crippen LogP contribution in [0.4, 0.5) is 14.6 Å². The minimum atomic E-state index is -1.12. The highest BCUT2D eigenvalue weighted by Crippen LogP contribution is 2.25.